The van der Waals surface area contributed by atoms with Gasteiger partial charge in [-0.05, 0) is 186 Å². The van der Waals surface area contributed by atoms with Crippen molar-refractivity contribution in [3.63, 3.8) is 0 Å². The zero-order valence-corrected chi connectivity index (χ0v) is 42.9. The number of hydrogen-bond acceptors (Lipinski definition) is 3. The van der Waals surface area contributed by atoms with Crippen LogP contribution in [0.2, 0.25) is 0 Å². The molecule has 0 spiro atoms. The molecule has 0 bridgehead atoms. The molecule has 6 heteroatoms. The van der Waals surface area contributed by atoms with Crippen molar-refractivity contribution < 1.29 is 0 Å². The molecule has 6 heterocycles. The molecule has 1 N–H and O–H groups in total. The number of aryl methyl sites for hydroxylation is 1. The molecular weight excluding hydrogens is 949 g/mol. The molecule has 2 atom stereocenters. The van der Waals surface area contributed by atoms with Crippen LogP contribution >= 0.6 is 0 Å². The fourth-order valence-corrected chi connectivity index (χ4v) is 14.3. The predicted molar refractivity (Wildman–Crippen MR) is 323 cm³/mol. The lowest BCUT2D eigenvalue weighted by Crippen LogP contribution is -2.20. The summed E-state index contributed by atoms with van der Waals surface area (Å²) >= 11 is 0. The SMILES string of the molecule is C1=CC(n2c3c(c4cc(C5=CC=C6C(C5)c5ccccc5N6c5ccccc5)ccc42)C=C2CCc4cc5c6cc(-c7ccc8c(c7)c7ccccc7n8-c7ccccc7)ccc6n(-c6ccncc6)c5cc4C2C3)=CCN1. The number of benzene rings is 8. The summed E-state index contributed by atoms with van der Waals surface area (Å²) in [4.78, 5) is 6.93. The second kappa shape index (κ2) is 16.9. The zero-order valence-electron chi connectivity index (χ0n) is 42.9. The summed E-state index contributed by atoms with van der Waals surface area (Å²) in [5.41, 5.74) is 27.3. The number of rotatable bonds is 6. The summed E-state index contributed by atoms with van der Waals surface area (Å²) in [5, 5.41) is 9.86. The van der Waals surface area contributed by atoms with Crippen molar-refractivity contribution in [3.8, 4) is 22.5 Å². The van der Waals surface area contributed by atoms with E-state index in [1.54, 1.807) is 5.57 Å². The van der Waals surface area contributed by atoms with E-state index in [4.69, 9.17) is 0 Å². The van der Waals surface area contributed by atoms with Crippen LogP contribution in [0.15, 0.2) is 242 Å². The smallest absolute Gasteiger partial charge is 0.0544 e. The molecule has 5 aliphatic rings. The van der Waals surface area contributed by atoms with Gasteiger partial charge in [-0.3, -0.25) is 4.98 Å². The van der Waals surface area contributed by atoms with Gasteiger partial charge >= 0.3 is 0 Å². The lowest BCUT2D eigenvalue weighted by Gasteiger charge is -2.33. The Morgan fingerprint density at radius 2 is 1.13 bits per heavy atom. The third-order valence-corrected chi connectivity index (χ3v) is 17.8. The number of allylic oxidation sites excluding steroid dienone is 7. The maximum atomic E-state index is 4.47. The summed E-state index contributed by atoms with van der Waals surface area (Å²) in [6, 6.07) is 70.2. The van der Waals surface area contributed by atoms with Crippen LogP contribution < -0.4 is 10.2 Å². The van der Waals surface area contributed by atoms with E-state index in [0.29, 0.717) is 5.92 Å². The number of para-hydroxylation sites is 4. The molecule has 2 unspecified atom stereocenters. The number of anilines is 2. The number of dihydropyridines is 1. The highest BCUT2D eigenvalue weighted by Gasteiger charge is 2.37. The Labute approximate surface area is 452 Å². The molecule has 0 saturated heterocycles. The monoisotopic (exact) mass is 1000 g/mol. The van der Waals surface area contributed by atoms with Gasteiger partial charge in [0.25, 0.3) is 0 Å². The third-order valence-electron chi connectivity index (χ3n) is 17.8. The molecule has 2 aliphatic heterocycles. The molecule has 370 valence electrons. The molecular formula is C72H52N6. The standard InChI is InChI=1S/C72H52N6/c1-3-11-51(12-4-1)75-65-17-9-7-15-55(65)59-37-45(21-25-67(59)75)47-23-27-69-61(39-47)63-41-49-19-20-50-42-64-62-40-48(46-22-26-68-60(38-46)56-16-8-10-18-66(56)76(68)52-13-5-2-6-14-52)24-28-70(62)78(54-31-35-74-36-32-54)72(64)44-58(50)57(49)43-71(63)77(69)53-29-33-73-34-30-53/h1-18,21-35,37,39-43,58,60,74H,19-20,36,38,44H2. The lowest BCUT2D eigenvalue weighted by molar-refractivity contribution is 0.667. The minimum atomic E-state index is 0.267. The maximum Gasteiger partial charge on any atom is 0.0544 e. The first-order valence-corrected chi connectivity index (χ1v) is 27.6. The molecule has 12 aromatic rings. The normalized spacial score (nSPS) is 17.3. The van der Waals surface area contributed by atoms with Crippen LogP contribution in [0.25, 0.3) is 94.4 Å². The third kappa shape index (κ3) is 6.47. The van der Waals surface area contributed by atoms with Gasteiger partial charge in [0.05, 0.1) is 27.6 Å². The van der Waals surface area contributed by atoms with Gasteiger partial charge in [-0.25, -0.2) is 0 Å². The minimum Gasteiger partial charge on any atom is -0.387 e. The van der Waals surface area contributed by atoms with Crippen molar-refractivity contribution in [1.82, 2.24) is 24.0 Å². The minimum absolute atomic E-state index is 0.267. The van der Waals surface area contributed by atoms with Crippen LogP contribution in [-0.4, -0.2) is 25.2 Å². The highest BCUT2D eigenvalue weighted by molar-refractivity contribution is 6.13. The summed E-state index contributed by atoms with van der Waals surface area (Å²) in [6.07, 6.45) is 21.9. The van der Waals surface area contributed by atoms with Gasteiger partial charge in [0.2, 0.25) is 0 Å². The number of aromatic nitrogens is 4. The van der Waals surface area contributed by atoms with Crippen molar-refractivity contribution >= 4 is 83.2 Å². The zero-order chi connectivity index (χ0) is 51.0. The van der Waals surface area contributed by atoms with Gasteiger partial charge in [-0.2, -0.15) is 0 Å². The van der Waals surface area contributed by atoms with Crippen LogP contribution in [0, 0.1) is 0 Å². The van der Waals surface area contributed by atoms with Gasteiger partial charge in [0.1, 0.15) is 0 Å². The van der Waals surface area contributed by atoms with E-state index in [-0.39, 0.29) is 5.92 Å². The number of nitrogens with one attached hydrogen (secondary N) is 1. The average Bonchev–Trinajstić information content (AvgIpc) is 4.40. The quantitative estimate of drug-likeness (QED) is 0.180. The molecule has 0 saturated carbocycles. The number of fused-ring (bicyclic) bond motifs is 15. The second-order valence-corrected chi connectivity index (χ2v) is 21.8. The Balaban J connectivity index is 0.783. The first-order valence-electron chi connectivity index (χ1n) is 27.6. The maximum absolute atomic E-state index is 4.47. The van der Waals surface area contributed by atoms with Crippen LogP contribution in [0.4, 0.5) is 11.4 Å². The number of nitrogens with zero attached hydrogens (tertiary/aromatic N) is 5. The Morgan fingerprint density at radius 3 is 1.92 bits per heavy atom. The Kier molecular flexibility index (Phi) is 9.46. The van der Waals surface area contributed by atoms with Crippen LogP contribution in [0.5, 0.6) is 0 Å². The van der Waals surface area contributed by atoms with Crippen LogP contribution in [0.3, 0.4) is 0 Å². The second-order valence-electron chi connectivity index (χ2n) is 21.8. The summed E-state index contributed by atoms with van der Waals surface area (Å²) in [5.74, 6) is 0.565. The fraction of sp³-hybridized carbons (Fsp3) is 0.0972. The van der Waals surface area contributed by atoms with E-state index >= 15 is 0 Å². The Hall–Kier alpha value is -9.65. The van der Waals surface area contributed by atoms with E-state index in [1.807, 2.05) is 12.4 Å². The fourth-order valence-electron chi connectivity index (χ4n) is 14.3. The summed E-state index contributed by atoms with van der Waals surface area (Å²) in [7, 11) is 0. The summed E-state index contributed by atoms with van der Waals surface area (Å²) < 4.78 is 7.45. The highest BCUT2D eigenvalue weighted by atomic mass is 15.2. The molecule has 3 aliphatic carbocycles. The lowest BCUT2D eigenvalue weighted by atomic mass is 9.73. The molecule has 0 amide bonds. The van der Waals surface area contributed by atoms with Gasteiger partial charge in [0, 0.05) is 103 Å². The van der Waals surface area contributed by atoms with Crippen molar-refractivity contribution in [2.45, 2.75) is 37.5 Å². The predicted octanol–water partition coefficient (Wildman–Crippen LogP) is 17.1. The van der Waals surface area contributed by atoms with E-state index in [1.165, 1.54) is 133 Å². The van der Waals surface area contributed by atoms with Crippen LogP contribution in [-0.2, 0) is 12.8 Å². The summed E-state index contributed by atoms with van der Waals surface area (Å²) in [6.45, 7) is 0.808. The Bertz CT molecular complexity index is 4670. The van der Waals surface area contributed by atoms with E-state index in [9.17, 15) is 0 Å². The largest absolute Gasteiger partial charge is 0.387 e. The first kappa shape index (κ1) is 43.6. The Morgan fingerprint density at radius 1 is 0.474 bits per heavy atom. The van der Waals surface area contributed by atoms with Crippen molar-refractivity contribution in [3.05, 3.63) is 276 Å². The van der Waals surface area contributed by atoms with Gasteiger partial charge in [-0.1, -0.05) is 109 Å². The van der Waals surface area contributed by atoms with E-state index in [2.05, 4.69) is 254 Å². The molecule has 78 heavy (non-hydrogen) atoms. The van der Waals surface area contributed by atoms with Gasteiger partial charge < -0.3 is 23.9 Å². The molecule has 8 aromatic carbocycles. The van der Waals surface area contributed by atoms with Crippen molar-refractivity contribution in [1.29, 1.82) is 0 Å². The van der Waals surface area contributed by atoms with Gasteiger partial charge in [0.15, 0.2) is 0 Å². The topological polar surface area (TPSA) is 43.0 Å². The molecule has 4 aromatic heterocycles. The van der Waals surface area contributed by atoms with Crippen molar-refractivity contribution in [2.24, 2.45) is 0 Å². The molecule has 0 fully saturated rings. The molecule has 0 radical (unpaired) electrons. The van der Waals surface area contributed by atoms with E-state index in [0.717, 1.165) is 37.9 Å². The first-order chi connectivity index (χ1) is 38.7. The number of hydrogen-bond donors (Lipinski definition) is 1. The van der Waals surface area contributed by atoms with Crippen LogP contribution in [0.1, 0.15) is 58.2 Å². The van der Waals surface area contributed by atoms with Gasteiger partial charge in [-0.15, -0.1) is 0 Å². The molecule has 17 rings (SSSR count). The number of pyridine rings is 1. The molecule has 6 nitrogen and oxygen atoms in total. The highest BCUT2D eigenvalue weighted by Crippen LogP contribution is 2.54. The van der Waals surface area contributed by atoms with E-state index < -0.39 is 0 Å². The average molecular weight is 1000 g/mol. The van der Waals surface area contributed by atoms with Crippen molar-refractivity contribution in [2.75, 3.05) is 11.4 Å².